The minimum atomic E-state index is -0.174. The molecule has 0 saturated carbocycles. The Morgan fingerprint density at radius 2 is 2.04 bits per heavy atom. The summed E-state index contributed by atoms with van der Waals surface area (Å²) in [5, 5.41) is 3.01. The summed E-state index contributed by atoms with van der Waals surface area (Å²) in [6.07, 6.45) is 8.38. The number of piperidine rings is 1. The van der Waals surface area contributed by atoms with Crippen LogP contribution in [0.2, 0.25) is 0 Å². The number of nitrogens with one attached hydrogen (secondary N) is 1. The fourth-order valence-corrected chi connectivity index (χ4v) is 2.93. The molecule has 0 aliphatic carbocycles. The van der Waals surface area contributed by atoms with Gasteiger partial charge in [-0.05, 0) is 37.9 Å². The summed E-state index contributed by atoms with van der Waals surface area (Å²) < 4.78 is 10.6. The number of anilines is 1. The highest BCUT2D eigenvalue weighted by Crippen LogP contribution is 2.33. The predicted molar refractivity (Wildman–Crippen MR) is 91.0 cm³/mol. The zero-order valence-corrected chi connectivity index (χ0v) is 14.0. The van der Waals surface area contributed by atoms with Gasteiger partial charge in [-0.15, -0.1) is 6.42 Å². The highest BCUT2D eigenvalue weighted by atomic mass is 16.5. The molecule has 23 heavy (non-hydrogen) atoms. The molecular formula is C18H24N2O3. The van der Waals surface area contributed by atoms with Crippen molar-refractivity contribution >= 4 is 11.6 Å². The molecule has 1 aromatic carbocycles. The number of likely N-dealkylation sites (tertiary alicyclic amines) is 1. The van der Waals surface area contributed by atoms with Crippen LogP contribution >= 0.6 is 0 Å². The van der Waals surface area contributed by atoms with E-state index in [1.54, 1.807) is 20.3 Å². The SMILES string of the molecule is C#CCN1CCCCC1C(=O)Nc1cc(OC)c(OC)cc1C. The molecule has 0 radical (unpaired) electrons. The highest BCUT2D eigenvalue weighted by molar-refractivity contribution is 5.96. The van der Waals surface area contributed by atoms with E-state index in [0.717, 1.165) is 37.1 Å². The number of hydrogen-bond acceptors (Lipinski definition) is 4. The molecule has 5 nitrogen and oxygen atoms in total. The van der Waals surface area contributed by atoms with Gasteiger partial charge in [0.05, 0.1) is 26.8 Å². The molecule has 1 aliphatic heterocycles. The van der Waals surface area contributed by atoms with E-state index in [9.17, 15) is 4.79 Å². The summed E-state index contributed by atoms with van der Waals surface area (Å²) in [6.45, 7) is 3.30. The van der Waals surface area contributed by atoms with Crippen LogP contribution in [0.4, 0.5) is 5.69 Å². The number of carbonyl (C=O) groups excluding carboxylic acids is 1. The first-order valence-corrected chi connectivity index (χ1v) is 7.81. The number of rotatable bonds is 5. The van der Waals surface area contributed by atoms with Gasteiger partial charge in [0.1, 0.15) is 0 Å². The summed E-state index contributed by atoms with van der Waals surface area (Å²) >= 11 is 0. The van der Waals surface area contributed by atoms with Crippen molar-refractivity contribution in [1.82, 2.24) is 4.90 Å². The second-order valence-corrected chi connectivity index (χ2v) is 5.70. The van der Waals surface area contributed by atoms with Crippen molar-refractivity contribution in [2.24, 2.45) is 0 Å². The van der Waals surface area contributed by atoms with Gasteiger partial charge in [-0.3, -0.25) is 9.69 Å². The van der Waals surface area contributed by atoms with Crippen LogP contribution in [0.5, 0.6) is 11.5 Å². The van der Waals surface area contributed by atoms with E-state index in [4.69, 9.17) is 15.9 Å². The van der Waals surface area contributed by atoms with Crippen LogP contribution in [-0.2, 0) is 4.79 Å². The Kier molecular flexibility index (Phi) is 5.89. The summed E-state index contributed by atoms with van der Waals surface area (Å²) in [6, 6.07) is 3.47. The third-order valence-corrected chi connectivity index (χ3v) is 4.20. The summed E-state index contributed by atoms with van der Waals surface area (Å²) in [5.74, 6) is 3.86. The Bertz CT molecular complexity index is 607. The Morgan fingerprint density at radius 3 is 2.70 bits per heavy atom. The number of hydrogen-bond donors (Lipinski definition) is 1. The van der Waals surface area contributed by atoms with Crippen molar-refractivity contribution < 1.29 is 14.3 Å². The molecule has 1 fully saturated rings. The van der Waals surface area contributed by atoms with Crippen LogP contribution in [-0.4, -0.2) is 44.2 Å². The third-order valence-electron chi connectivity index (χ3n) is 4.20. The van der Waals surface area contributed by atoms with Gasteiger partial charge in [-0.2, -0.15) is 0 Å². The molecule has 1 N–H and O–H groups in total. The molecule has 1 atom stereocenters. The van der Waals surface area contributed by atoms with Gasteiger partial charge in [0.25, 0.3) is 0 Å². The average Bonchev–Trinajstić information content (AvgIpc) is 2.57. The second kappa shape index (κ2) is 7.89. The highest BCUT2D eigenvalue weighted by Gasteiger charge is 2.28. The largest absolute Gasteiger partial charge is 0.493 e. The predicted octanol–water partition coefficient (Wildman–Crippen LogP) is 2.44. The molecule has 1 heterocycles. The van der Waals surface area contributed by atoms with Crippen LogP contribution in [0, 0.1) is 19.3 Å². The molecule has 1 unspecified atom stereocenters. The topological polar surface area (TPSA) is 50.8 Å². The van der Waals surface area contributed by atoms with Crippen molar-refractivity contribution in [3.63, 3.8) is 0 Å². The Balaban J connectivity index is 2.17. The maximum absolute atomic E-state index is 12.7. The number of aryl methyl sites for hydroxylation is 1. The monoisotopic (exact) mass is 316 g/mol. The normalized spacial score (nSPS) is 18.1. The molecule has 0 spiro atoms. The molecule has 1 aliphatic rings. The van der Waals surface area contributed by atoms with Crippen LogP contribution < -0.4 is 14.8 Å². The van der Waals surface area contributed by atoms with Crippen LogP contribution in [0.15, 0.2) is 12.1 Å². The molecular weight excluding hydrogens is 292 g/mol. The van der Waals surface area contributed by atoms with Crippen molar-refractivity contribution in [3.05, 3.63) is 17.7 Å². The minimum Gasteiger partial charge on any atom is -0.493 e. The van der Waals surface area contributed by atoms with Crippen LogP contribution in [0.3, 0.4) is 0 Å². The first kappa shape index (κ1) is 17.2. The first-order valence-electron chi connectivity index (χ1n) is 7.81. The van der Waals surface area contributed by atoms with Crippen molar-refractivity contribution in [2.45, 2.75) is 32.2 Å². The summed E-state index contributed by atoms with van der Waals surface area (Å²) in [4.78, 5) is 14.7. The molecule has 1 amide bonds. The van der Waals surface area contributed by atoms with E-state index >= 15 is 0 Å². The Morgan fingerprint density at radius 1 is 1.35 bits per heavy atom. The van der Waals surface area contributed by atoms with Crippen molar-refractivity contribution in [3.8, 4) is 23.8 Å². The molecule has 2 rings (SSSR count). The van der Waals surface area contributed by atoms with Gasteiger partial charge in [-0.1, -0.05) is 12.3 Å². The van der Waals surface area contributed by atoms with Gasteiger partial charge in [-0.25, -0.2) is 0 Å². The van der Waals surface area contributed by atoms with Gasteiger partial charge in [0.15, 0.2) is 11.5 Å². The lowest BCUT2D eigenvalue weighted by molar-refractivity contribution is -0.122. The molecule has 5 heteroatoms. The fraction of sp³-hybridized carbons (Fsp3) is 0.500. The van der Waals surface area contributed by atoms with E-state index in [2.05, 4.69) is 16.1 Å². The molecule has 1 aromatic rings. The van der Waals surface area contributed by atoms with E-state index in [1.165, 1.54) is 0 Å². The molecule has 1 saturated heterocycles. The lowest BCUT2D eigenvalue weighted by atomic mass is 10.0. The summed E-state index contributed by atoms with van der Waals surface area (Å²) in [5.41, 5.74) is 1.66. The standard InChI is InChI=1S/C18H24N2O3/c1-5-9-20-10-7-6-8-15(20)18(21)19-14-12-17(23-4)16(22-3)11-13(14)2/h1,11-12,15H,6-10H2,2-4H3,(H,19,21). The number of ether oxygens (including phenoxy) is 2. The van der Waals surface area contributed by atoms with Crippen molar-refractivity contribution in [1.29, 1.82) is 0 Å². The number of methoxy groups -OCH3 is 2. The van der Waals surface area contributed by atoms with Crippen molar-refractivity contribution in [2.75, 3.05) is 32.6 Å². The van der Waals surface area contributed by atoms with Gasteiger partial charge < -0.3 is 14.8 Å². The first-order chi connectivity index (χ1) is 11.1. The van der Waals surface area contributed by atoms with E-state index < -0.39 is 0 Å². The summed E-state index contributed by atoms with van der Waals surface area (Å²) in [7, 11) is 3.17. The second-order valence-electron chi connectivity index (χ2n) is 5.70. The number of carbonyl (C=O) groups is 1. The van der Waals surface area contributed by atoms with Crippen LogP contribution in [0.25, 0.3) is 0 Å². The lowest BCUT2D eigenvalue weighted by Gasteiger charge is -2.33. The number of amides is 1. The zero-order valence-electron chi connectivity index (χ0n) is 14.0. The Hall–Kier alpha value is -2.19. The maximum atomic E-state index is 12.7. The Labute approximate surface area is 138 Å². The van der Waals surface area contributed by atoms with Gasteiger partial charge >= 0.3 is 0 Å². The fourth-order valence-electron chi connectivity index (χ4n) is 2.93. The third kappa shape index (κ3) is 3.96. The zero-order chi connectivity index (χ0) is 16.8. The quantitative estimate of drug-likeness (QED) is 0.848. The number of benzene rings is 1. The number of nitrogens with zero attached hydrogens (tertiary/aromatic N) is 1. The smallest absolute Gasteiger partial charge is 0.241 e. The van der Waals surface area contributed by atoms with Gasteiger partial charge in [0.2, 0.25) is 5.91 Å². The average molecular weight is 316 g/mol. The minimum absolute atomic E-state index is 0.0183. The van der Waals surface area contributed by atoms with E-state index in [-0.39, 0.29) is 11.9 Å². The van der Waals surface area contributed by atoms with Gasteiger partial charge in [0, 0.05) is 11.8 Å². The number of terminal acetylenes is 1. The molecule has 0 bridgehead atoms. The molecule has 124 valence electrons. The molecule has 0 aromatic heterocycles. The van der Waals surface area contributed by atoms with E-state index in [1.807, 2.05) is 13.0 Å². The lowest BCUT2D eigenvalue weighted by Crippen LogP contribution is -2.47. The van der Waals surface area contributed by atoms with E-state index in [0.29, 0.717) is 18.0 Å². The maximum Gasteiger partial charge on any atom is 0.241 e. The van der Waals surface area contributed by atoms with Crippen LogP contribution in [0.1, 0.15) is 24.8 Å².